The molecule has 5 rings (SSSR count). The molecule has 4 aromatic rings. The smallest absolute Gasteiger partial charge is 0.271 e. The van der Waals surface area contributed by atoms with Gasteiger partial charge in [0.15, 0.2) is 0 Å². The fourth-order valence-corrected chi connectivity index (χ4v) is 4.72. The Bertz CT molecular complexity index is 1700. The number of ether oxygens (including phenoxy) is 1. The van der Waals surface area contributed by atoms with Gasteiger partial charge in [-0.25, -0.2) is 4.68 Å². The Hall–Kier alpha value is -4.93. The number of nitriles is 1. The molecule has 1 aliphatic heterocycles. The van der Waals surface area contributed by atoms with Gasteiger partial charge in [0.05, 0.1) is 11.4 Å². The van der Waals surface area contributed by atoms with Gasteiger partial charge >= 0.3 is 0 Å². The van der Waals surface area contributed by atoms with E-state index in [2.05, 4.69) is 0 Å². The standard InChI is InChI=1S/C33H27ClN4O3/c1-3-17-37-32(39)29(22(2)30(19-35)33(37)40)18-25-20-38(27-7-5-4-6-8-27)36-31(25)24-11-15-28(16-12-24)41-21-23-9-13-26(34)14-10-23/h4-16,18,20H,3,17,21H2,1-2H3/b29-18+. The summed E-state index contributed by atoms with van der Waals surface area (Å²) in [6, 6.07) is 26.7. The van der Waals surface area contributed by atoms with Gasteiger partial charge in [0.25, 0.3) is 11.8 Å². The zero-order valence-electron chi connectivity index (χ0n) is 22.7. The van der Waals surface area contributed by atoms with Crippen LogP contribution in [0, 0.1) is 11.3 Å². The molecule has 0 saturated carbocycles. The Labute approximate surface area is 243 Å². The van der Waals surface area contributed by atoms with Crippen LogP contribution in [0.25, 0.3) is 23.0 Å². The van der Waals surface area contributed by atoms with Gasteiger partial charge < -0.3 is 4.74 Å². The van der Waals surface area contributed by atoms with Gasteiger partial charge in [-0.05, 0) is 79.1 Å². The van der Waals surface area contributed by atoms with Crippen molar-refractivity contribution >= 4 is 29.5 Å². The van der Waals surface area contributed by atoms with Crippen LogP contribution in [-0.4, -0.2) is 33.0 Å². The maximum atomic E-state index is 13.4. The number of carbonyl (C=O) groups excluding carboxylic acids is 2. The van der Waals surface area contributed by atoms with Crippen LogP contribution in [-0.2, 0) is 16.2 Å². The van der Waals surface area contributed by atoms with Crippen molar-refractivity contribution in [2.24, 2.45) is 0 Å². The molecule has 0 spiro atoms. The SMILES string of the molecule is CCCN1C(=O)C(C#N)=C(C)/C(=C\c2cn(-c3ccccc3)nc2-c2ccc(OCc3ccc(Cl)cc3)cc2)C1=O. The molecule has 204 valence electrons. The summed E-state index contributed by atoms with van der Waals surface area (Å²) in [5, 5.41) is 15.2. The maximum absolute atomic E-state index is 13.4. The Kier molecular flexibility index (Phi) is 8.14. The highest BCUT2D eigenvalue weighted by molar-refractivity contribution is 6.30. The third-order valence-electron chi connectivity index (χ3n) is 6.78. The molecule has 1 aromatic heterocycles. The molecule has 0 saturated heterocycles. The van der Waals surface area contributed by atoms with Crippen LogP contribution in [0.2, 0.25) is 5.02 Å². The first-order chi connectivity index (χ1) is 19.9. The first kappa shape index (κ1) is 27.6. The summed E-state index contributed by atoms with van der Waals surface area (Å²) in [5.41, 5.74) is 4.62. The van der Waals surface area contributed by atoms with E-state index in [1.54, 1.807) is 17.7 Å². The molecule has 0 radical (unpaired) electrons. The molecule has 0 unspecified atom stereocenters. The number of carbonyl (C=O) groups is 2. The molecule has 2 amide bonds. The van der Waals surface area contributed by atoms with E-state index < -0.39 is 11.8 Å². The highest BCUT2D eigenvalue weighted by Crippen LogP contribution is 2.32. The summed E-state index contributed by atoms with van der Waals surface area (Å²) in [7, 11) is 0. The normalized spacial score (nSPS) is 14.5. The molecule has 0 fully saturated rings. The minimum atomic E-state index is -0.552. The van der Waals surface area contributed by atoms with E-state index in [1.165, 1.54) is 0 Å². The molecule has 0 atom stereocenters. The van der Waals surface area contributed by atoms with E-state index in [0.717, 1.165) is 21.7 Å². The molecule has 0 bridgehead atoms. The van der Waals surface area contributed by atoms with Crippen molar-refractivity contribution < 1.29 is 14.3 Å². The van der Waals surface area contributed by atoms with Crippen molar-refractivity contribution in [3.63, 3.8) is 0 Å². The van der Waals surface area contributed by atoms with Crippen LogP contribution in [0.1, 0.15) is 31.4 Å². The lowest BCUT2D eigenvalue weighted by Crippen LogP contribution is -2.43. The fourth-order valence-electron chi connectivity index (χ4n) is 4.60. The number of imide groups is 1. The topological polar surface area (TPSA) is 88.2 Å². The van der Waals surface area contributed by atoms with Crippen LogP contribution in [0.5, 0.6) is 5.75 Å². The second-order valence-corrected chi connectivity index (χ2v) is 10.0. The molecule has 2 heterocycles. The van der Waals surface area contributed by atoms with E-state index in [0.29, 0.717) is 46.2 Å². The summed E-state index contributed by atoms with van der Waals surface area (Å²) in [6.07, 6.45) is 4.15. The minimum absolute atomic E-state index is 0.0245. The third-order valence-corrected chi connectivity index (χ3v) is 7.03. The van der Waals surface area contributed by atoms with E-state index in [9.17, 15) is 14.9 Å². The molecule has 7 nitrogen and oxygen atoms in total. The number of aromatic nitrogens is 2. The van der Waals surface area contributed by atoms with Gasteiger partial charge in [0.1, 0.15) is 24.0 Å². The summed E-state index contributed by atoms with van der Waals surface area (Å²) in [6.45, 7) is 4.16. The number of hydrogen-bond donors (Lipinski definition) is 0. The molecule has 41 heavy (non-hydrogen) atoms. The first-order valence-corrected chi connectivity index (χ1v) is 13.6. The van der Waals surface area contributed by atoms with Crippen molar-refractivity contribution in [2.75, 3.05) is 6.54 Å². The Morgan fingerprint density at radius 3 is 2.34 bits per heavy atom. The molecule has 0 N–H and O–H groups in total. The van der Waals surface area contributed by atoms with E-state index in [1.807, 2.05) is 98.1 Å². The van der Waals surface area contributed by atoms with E-state index in [4.69, 9.17) is 21.4 Å². The lowest BCUT2D eigenvalue weighted by Gasteiger charge is -2.27. The van der Waals surface area contributed by atoms with Crippen molar-refractivity contribution in [3.8, 4) is 28.8 Å². The fraction of sp³-hybridized carbons (Fsp3) is 0.152. The van der Waals surface area contributed by atoms with Crippen LogP contribution in [0.15, 0.2) is 102 Å². The number of nitrogens with zero attached hydrogens (tertiary/aromatic N) is 4. The second-order valence-electron chi connectivity index (χ2n) is 9.58. The van der Waals surface area contributed by atoms with E-state index >= 15 is 0 Å². The predicted molar refractivity (Wildman–Crippen MR) is 158 cm³/mol. The summed E-state index contributed by atoms with van der Waals surface area (Å²) in [5.74, 6) is -0.277. The van der Waals surface area contributed by atoms with Gasteiger partial charge in [0, 0.05) is 34.5 Å². The zero-order valence-corrected chi connectivity index (χ0v) is 23.4. The monoisotopic (exact) mass is 562 g/mol. The number of halogens is 1. The van der Waals surface area contributed by atoms with Crippen molar-refractivity contribution in [1.82, 2.24) is 14.7 Å². The number of rotatable bonds is 8. The largest absolute Gasteiger partial charge is 0.489 e. The van der Waals surface area contributed by atoms with Crippen LogP contribution >= 0.6 is 11.6 Å². The Balaban J connectivity index is 1.53. The Morgan fingerprint density at radius 2 is 1.68 bits per heavy atom. The highest BCUT2D eigenvalue weighted by atomic mass is 35.5. The number of para-hydroxylation sites is 1. The van der Waals surface area contributed by atoms with Crippen molar-refractivity contribution in [3.05, 3.63) is 118 Å². The van der Waals surface area contributed by atoms with Gasteiger partial charge in [-0.1, -0.05) is 48.9 Å². The molecular weight excluding hydrogens is 536 g/mol. The summed E-state index contributed by atoms with van der Waals surface area (Å²) < 4.78 is 7.70. The lowest BCUT2D eigenvalue weighted by molar-refractivity contribution is -0.140. The summed E-state index contributed by atoms with van der Waals surface area (Å²) in [4.78, 5) is 27.4. The number of amides is 2. The predicted octanol–water partition coefficient (Wildman–Crippen LogP) is 6.77. The minimum Gasteiger partial charge on any atom is -0.489 e. The van der Waals surface area contributed by atoms with E-state index in [-0.39, 0.29) is 12.1 Å². The zero-order chi connectivity index (χ0) is 28.9. The quantitative estimate of drug-likeness (QED) is 0.174. The number of hydrogen-bond acceptors (Lipinski definition) is 5. The van der Waals surface area contributed by atoms with Crippen LogP contribution < -0.4 is 4.74 Å². The lowest BCUT2D eigenvalue weighted by atomic mass is 9.93. The van der Waals surface area contributed by atoms with Crippen LogP contribution in [0.3, 0.4) is 0 Å². The van der Waals surface area contributed by atoms with Gasteiger partial charge in [-0.3, -0.25) is 14.5 Å². The molecule has 0 aliphatic carbocycles. The molecule has 3 aromatic carbocycles. The van der Waals surface area contributed by atoms with Gasteiger partial charge in [-0.15, -0.1) is 0 Å². The maximum Gasteiger partial charge on any atom is 0.271 e. The van der Waals surface area contributed by atoms with Gasteiger partial charge in [0.2, 0.25) is 0 Å². The molecule has 8 heteroatoms. The Morgan fingerprint density at radius 1 is 0.976 bits per heavy atom. The first-order valence-electron chi connectivity index (χ1n) is 13.2. The van der Waals surface area contributed by atoms with Crippen molar-refractivity contribution in [1.29, 1.82) is 5.26 Å². The molecule has 1 aliphatic rings. The second kappa shape index (κ2) is 12.1. The highest BCUT2D eigenvalue weighted by Gasteiger charge is 2.35. The summed E-state index contributed by atoms with van der Waals surface area (Å²) >= 11 is 5.97. The number of benzene rings is 3. The van der Waals surface area contributed by atoms with Crippen LogP contribution in [0.4, 0.5) is 0 Å². The van der Waals surface area contributed by atoms with Gasteiger partial charge in [-0.2, -0.15) is 10.4 Å². The average Bonchev–Trinajstić information content (AvgIpc) is 3.42. The molecular formula is C33H27ClN4O3. The third kappa shape index (κ3) is 5.84. The average molecular weight is 563 g/mol. The van der Waals surface area contributed by atoms with Crippen molar-refractivity contribution in [2.45, 2.75) is 26.9 Å².